The molecule has 1 aliphatic rings. The summed E-state index contributed by atoms with van der Waals surface area (Å²) in [6.07, 6.45) is 13.1. The minimum atomic E-state index is -0.161. The summed E-state index contributed by atoms with van der Waals surface area (Å²) in [7, 11) is 4.13. The Bertz CT molecular complexity index is 644. The van der Waals surface area contributed by atoms with Gasteiger partial charge in [-0.15, -0.1) is 0 Å². The monoisotopic (exact) mass is 420 g/mol. The van der Waals surface area contributed by atoms with E-state index in [2.05, 4.69) is 30.9 Å². The van der Waals surface area contributed by atoms with E-state index in [1.54, 1.807) is 6.20 Å². The molecule has 0 radical (unpaired) electrons. The van der Waals surface area contributed by atoms with Gasteiger partial charge in [-0.05, 0) is 26.9 Å². The first-order chi connectivity index (χ1) is 14.5. The highest BCUT2D eigenvalue weighted by Gasteiger charge is 2.27. The van der Waals surface area contributed by atoms with Crippen LogP contribution in [0.25, 0.3) is 0 Å². The molecule has 1 aliphatic heterocycles. The van der Waals surface area contributed by atoms with Crippen LogP contribution in [-0.2, 0) is 27.3 Å². The van der Waals surface area contributed by atoms with Crippen LogP contribution < -0.4 is 0 Å². The lowest BCUT2D eigenvalue weighted by Gasteiger charge is -2.20. The quantitative estimate of drug-likeness (QED) is 0.341. The van der Waals surface area contributed by atoms with Crippen LogP contribution in [0.3, 0.4) is 0 Å². The molecule has 1 saturated heterocycles. The Morgan fingerprint density at radius 3 is 2.67 bits per heavy atom. The molecule has 2 heterocycles. The van der Waals surface area contributed by atoms with Crippen LogP contribution in [0.4, 0.5) is 0 Å². The summed E-state index contributed by atoms with van der Waals surface area (Å²) < 4.78 is 7.31. The number of hydrogen-bond donors (Lipinski definition) is 0. The highest BCUT2D eigenvalue weighted by atomic mass is 16.5. The second-order valence-electron chi connectivity index (χ2n) is 8.52. The first-order valence-electron chi connectivity index (χ1n) is 11.6. The number of unbranched alkanes of at least 4 members (excludes halogenated alkanes) is 5. The van der Waals surface area contributed by atoms with Gasteiger partial charge in [-0.25, -0.2) is 4.98 Å². The number of carbonyl (C=O) groups excluding carboxylic acids is 2. The molecular weight excluding hydrogens is 380 g/mol. The van der Waals surface area contributed by atoms with Gasteiger partial charge in [0.05, 0.1) is 13.0 Å². The Morgan fingerprint density at radius 1 is 1.17 bits per heavy atom. The highest BCUT2D eigenvalue weighted by molar-refractivity contribution is 5.76. The number of carbonyl (C=O) groups is 2. The summed E-state index contributed by atoms with van der Waals surface area (Å²) in [6.45, 7) is 4.91. The van der Waals surface area contributed by atoms with E-state index in [9.17, 15) is 9.59 Å². The zero-order valence-corrected chi connectivity index (χ0v) is 19.1. The average Bonchev–Trinajstić information content (AvgIpc) is 3.39. The van der Waals surface area contributed by atoms with Gasteiger partial charge in [-0.1, -0.05) is 39.0 Å². The lowest BCUT2D eigenvalue weighted by Crippen LogP contribution is -2.34. The van der Waals surface area contributed by atoms with Gasteiger partial charge in [0.25, 0.3) is 0 Å². The van der Waals surface area contributed by atoms with Gasteiger partial charge in [0, 0.05) is 50.9 Å². The third-order valence-corrected chi connectivity index (χ3v) is 5.93. The topological polar surface area (TPSA) is 67.7 Å². The van der Waals surface area contributed by atoms with Crippen molar-refractivity contribution in [2.45, 2.75) is 83.7 Å². The number of likely N-dealkylation sites (tertiary alicyclic amines) is 1. The highest BCUT2D eigenvalue weighted by Crippen LogP contribution is 2.15. The molecule has 1 fully saturated rings. The number of imidazole rings is 1. The molecule has 7 nitrogen and oxygen atoms in total. The third kappa shape index (κ3) is 8.46. The van der Waals surface area contributed by atoms with Crippen molar-refractivity contribution >= 4 is 11.9 Å². The zero-order valence-electron chi connectivity index (χ0n) is 19.1. The Morgan fingerprint density at radius 2 is 1.93 bits per heavy atom. The molecule has 0 spiro atoms. The number of esters is 1. The third-order valence-electron chi connectivity index (χ3n) is 5.93. The molecular formula is C23H40N4O3. The zero-order chi connectivity index (χ0) is 21.8. The van der Waals surface area contributed by atoms with Crippen molar-refractivity contribution in [3.63, 3.8) is 0 Å². The molecule has 0 saturated carbocycles. The van der Waals surface area contributed by atoms with Crippen LogP contribution in [0.1, 0.15) is 70.5 Å². The van der Waals surface area contributed by atoms with E-state index in [1.807, 2.05) is 15.7 Å². The van der Waals surface area contributed by atoms with Crippen LogP contribution in [0, 0.1) is 0 Å². The minimum absolute atomic E-state index is 0.161. The van der Waals surface area contributed by atoms with Crippen molar-refractivity contribution in [3.8, 4) is 0 Å². The molecule has 170 valence electrons. The second-order valence-corrected chi connectivity index (χ2v) is 8.52. The largest absolute Gasteiger partial charge is 0.466 e. The number of aromatic nitrogens is 2. The maximum absolute atomic E-state index is 12.5. The maximum atomic E-state index is 12.5. The van der Waals surface area contributed by atoms with Gasteiger partial charge in [-0.3, -0.25) is 9.59 Å². The number of ether oxygens (including phenoxy) is 1. The van der Waals surface area contributed by atoms with Crippen molar-refractivity contribution in [1.82, 2.24) is 19.4 Å². The standard InChI is InChI=1S/C23H40N4O3/c1-4-5-6-7-8-9-18-30-23(29)13-16-26-17-14-24-21(26)10-11-22(28)27-15-12-20(19-27)25(2)3/h14,17,20H,4-13,15-16,18-19H2,1-3H3/t20-/m0/s1. The first kappa shape index (κ1) is 24.4. The molecule has 0 N–H and O–H groups in total. The fourth-order valence-electron chi connectivity index (χ4n) is 3.89. The average molecular weight is 421 g/mol. The minimum Gasteiger partial charge on any atom is -0.466 e. The first-order valence-corrected chi connectivity index (χ1v) is 11.6. The summed E-state index contributed by atoms with van der Waals surface area (Å²) in [6, 6.07) is 0.457. The van der Waals surface area contributed by atoms with E-state index in [0.717, 1.165) is 38.2 Å². The van der Waals surface area contributed by atoms with Gasteiger partial charge in [0.15, 0.2) is 0 Å². The van der Waals surface area contributed by atoms with E-state index in [-0.39, 0.29) is 11.9 Å². The van der Waals surface area contributed by atoms with Crippen LogP contribution in [0.2, 0.25) is 0 Å². The lowest BCUT2D eigenvalue weighted by atomic mass is 10.1. The molecule has 0 bridgehead atoms. The molecule has 30 heavy (non-hydrogen) atoms. The van der Waals surface area contributed by atoms with Crippen molar-refractivity contribution in [2.24, 2.45) is 0 Å². The molecule has 0 aliphatic carbocycles. The molecule has 0 aromatic carbocycles. The number of aryl methyl sites for hydroxylation is 2. The molecule has 2 rings (SSSR count). The predicted octanol–water partition coefficient (Wildman–Crippen LogP) is 3.27. The number of nitrogens with zero attached hydrogens (tertiary/aromatic N) is 4. The normalized spacial score (nSPS) is 16.4. The van der Waals surface area contributed by atoms with Crippen molar-refractivity contribution in [3.05, 3.63) is 18.2 Å². The fourth-order valence-corrected chi connectivity index (χ4v) is 3.89. The summed E-state index contributed by atoms with van der Waals surface area (Å²) in [5, 5.41) is 0. The van der Waals surface area contributed by atoms with Gasteiger partial charge >= 0.3 is 5.97 Å². The second kappa shape index (κ2) is 13.4. The summed E-state index contributed by atoms with van der Waals surface area (Å²) in [4.78, 5) is 33.0. The molecule has 1 aromatic heterocycles. The molecule has 1 atom stereocenters. The number of rotatable bonds is 14. The summed E-state index contributed by atoms with van der Waals surface area (Å²) in [5.74, 6) is 0.883. The van der Waals surface area contributed by atoms with E-state index in [4.69, 9.17) is 4.74 Å². The van der Waals surface area contributed by atoms with Crippen molar-refractivity contribution in [2.75, 3.05) is 33.8 Å². The number of amides is 1. The van der Waals surface area contributed by atoms with Gasteiger partial charge < -0.3 is 19.1 Å². The van der Waals surface area contributed by atoms with E-state index >= 15 is 0 Å². The molecule has 1 amide bonds. The van der Waals surface area contributed by atoms with E-state index in [1.165, 1.54) is 25.7 Å². The van der Waals surface area contributed by atoms with Crippen molar-refractivity contribution < 1.29 is 14.3 Å². The Hall–Kier alpha value is -1.89. The molecule has 0 unspecified atom stereocenters. The Balaban J connectivity index is 1.63. The number of likely N-dealkylation sites (N-methyl/N-ethyl adjacent to an activating group) is 1. The summed E-state index contributed by atoms with van der Waals surface area (Å²) >= 11 is 0. The maximum Gasteiger partial charge on any atom is 0.307 e. The fraction of sp³-hybridized carbons (Fsp3) is 0.783. The SMILES string of the molecule is CCCCCCCCOC(=O)CCn1ccnc1CCC(=O)N1CC[C@H](N(C)C)C1. The Labute approximate surface area is 181 Å². The van der Waals surface area contributed by atoms with Gasteiger partial charge in [-0.2, -0.15) is 0 Å². The van der Waals surface area contributed by atoms with Crippen LogP contribution >= 0.6 is 0 Å². The molecule has 7 heteroatoms. The van der Waals surface area contributed by atoms with Crippen molar-refractivity contribution in [1.29, 1.82) is 0 Å². The van der Waals surface area contributed by atoms with E-state index < -0.39 is 0 Å². The predicted molar refractivity (Wildman–Crippen MR) is 118 cm³/mol. The Kier molecular flexibility index (Phi) is 10.9. The van der Waals surface area contributed by atoms with Crippen LogP contribution in [0.5, 0.6) is 0 Å². The van der Waals surface area contributed by atoms with E-state index in [0.29, 0.717) is 38.5 Å². The number of hydrogen-bond acceptors (Lipinski definition) is 5. The van der Waals surface area contributed by atoms with Gasteiger partial charge in [0.2, 0.25) is 5.91 Å². The summed E-state index contributed by atoms with van der Waals surface area (Å²) in [5.41, 5.74) is 0. The van der Waals surface area contributed by atoms with Crippen LogP contribution in [0.15, 0.2) is 12.4 Å². The smallest absolute Gasteiger partial charge is 0.307 e. The van der Waals surface area contributed by atoms with Crippen LogP contribution in [-0.4, -0.2) is 71.1 Å². The van der Waals surface area contributed by atoms with Gasteiger partial charge in [0.1, 0.15) is 5.82 Å². The molecule has 1 aromatic rings. The lowest BCUT2D eigenvalue weighted by molar-refractivity contribution is -0.144.